The van der Waals surface area contributed by atoms with Gasteiger partial charge in [0.25, 0.3) is 0 Å². The molecule has 0 aromatic rings. The van der Waals surface area contributed by atoms with Gasteiger partial charge >= 0.3 is 0 Å². The Morgan fingerprint density at radius 3 is 2.55 bits per heavy atom. The first kappa shape index (κ1) is 8.31. The van der Waals surface area contributed by atoms with Crippen molar-refractivity contribution >= 4 is 5.78 Å². The van der Waals surface area contributed by atoms with E-state index in [0.717, 1.165) is 25.1 Å². The molecule has 1 atom stereocenters. The lowest BCUT2D eigenvalue weighted by atomic mass is 10.1. The van der Waals surface area contributed by atoms with E-state index in [2.05, 4.69) is 11.5 Å². The van der Waals surface area contributed by atoms with Crippen LogP contribution in [0.4, 0.5) is 0 Å². The van der Waals surface area contributed by atoms with Gasteiger partial charge in [-0.25, -0.2) is 0 Å². The molecular formula is C9H15NO. The Bertz CT molecular complexity index is 166. The largest absolute Gasteiger partial charge is 0.366 e. The molecule has 2 nitrogen and oxygen atoms in total. The zero-order valence-corrected chi connectivity index (χ0v) is 7.26. The van der Waals surface area contributed by atoms with Gasteiger partial charge in [0.15, 0.2) is 5.78 Å². The Hall–Kier alpha value is -0.790. The Labute approximate surface area is 67.9 Å². The van der Waals surface area contributed by atoms with Gasteiger partial charge in [0.1, 0.15) is 0 Å². The first-order valence-corrected chi connectivity index (χ1v) is 4.05. The quantitative estimate of drug-likeness (QED) is 0.600. The summed E-state index contributed by atoms with van der Waals surface area (Å²) in [5, 5.41) is 0. The molecule has 1 saturated heterocycles. The fraction of sp³-hybridized carbons (Fsp3) is 0.667. The van der Waals surface area contributed by atoms with E-state index in [0.29, 0.717) is 0 Å². The Morgan fingerprint density at radius 1 is 1.55 bits per heavy atom. The topological polar surface area (TPSA) is 20.3 Å². The highest BCUT2D eigenvalue weighted by Crippen LogP contribution is 2.21. The van der Waals surface area contributed by atoms with E-state index in [9.17, 15) is 4.79 Å². The standard InChI is InChI=1S/C9H15NO/c1-7(2)10-6-4-5-9(10)8(3)11/h9H,1,4-6H2,2-3H3. The number of allylic oxidation sites excluding steroid dienone is 1. The second kappa shape index (κ2) is 3.07. The molecule has 0 amide bonds. The lowest BCUT2D eigenvalue weighted by Gasteiger charge is -2.24. The third kappa shape index (κ3) is 1.62. The molecule has 1 rings (SSSR count). The number of hydrogen-bond donors (Lipinski definition) is 0. The number of likely N-dealkylation sites (tertiary alicyclic amines) is 1. The summed E-state index contributed by atoms with van der Waals surface area (Å²) in [4.78, 5) is 13.2. The predicted molar refractivity (Wildman–Crippen MR) is 45.2 cm³/mol. The van der Waals surface area contributed by atoms with Gasteiger partial charge in [-0.2, -0.15) is 0 Å². The zero-order chi connectivity index (χ0) is 8.43. The van der Waals surface area contributed by atoms with Crippen molar-refractivity contribution < 1.29 is 4.79 Å². The number of hydrogen-bond acceptors (Lipinski definition) is 2. The van der Waals surface area contributed by atoms with Crippen molar-refractivity contribution in [1.29, 1.82) is 0 Å². The number of ketones is 1. The molecule has 1 aliphatic heterocycles. The smallest absolute Gasteiger partial charge is 0.152 e. The van der Waals surface area contributed by atoms with Crippen molar-refractivity contribution in [2.45, 2.75) is 32.7 Å². The molecule has 1 unspecified atom stereocenters. The first-order valence-electron chi connectivity index (χ1n) is 4.05. The molecule has 0 saturated carbocycles. The monoisotopic (exact) mass is 153 g/mol. The number of Topliss-reactive ketones (excluding diaryl/α,β-unsaturated/α-hetero) is 1. The Balaban J connectivity index is 2.65. The summed E-state index contributed by atoms with van der Waals surface area (Å²) < 4.78 is 0. The molecule has 0 aromatic carbocycles. The third-order valence-corrected chi connectivity index (χ3v) is 2.21. The predicted octanol–water partition coefficient (Wildman–Crippen LogP) is 1.57. The average molecular weight is 153 g/mol. The van der Waals surface area contributed by atoms with Crippen LogP contribution in [0.1, 0.15) is 26.7 Å². The molecule has 0 aromatic heterocycles. The van der Waals surface area contributed by atoms with Crippen LogP contribution in [0, 0.1) is 0 Å². The molecule has 1 aliphatic rings. The minimum atomic E-state index is 0.118. The van der Waals surface area contributed by atoms with Crippen LogP contribution in [0.3, 0.4) is 0 Å². The molecule has 11 heavy (non-hydrogen) atoms. The van der Waals surface area contributed by atoms with E-state index >= 15 is 0 Å². The molecule has 1 heterocycles. The molecule has 0 radical (unpaired) electrons. The SMILES string of the molecule is C=C(C)N1CCCC1C(C)=O. The van der Waals surface area contributed by atoms with Gasteiger partial charge in [-0.3, -0.25) is 4.79 Å². The van der Waals surface area contributed by atoms with Gasteiger partial charge in [0.05, 0.1) is 6.04 Å². The summed E-state index contributed by atoms with van der Waals surface area (Å²) >= 11 is 0. The molecule has 0 spiro atoms. The lowest BCUT2D eigenvalue weighted by Crippen LogP contribution is -2.32. The van der Waals surface area contributed by atoms with Crippen LogP contribution in [0.15, 0.2) is 12.3 Å². The number of nitrogens with zero attached hydrogens (tertiary/aromatic N) is 1. The van der Waals surface area contributed by atoms with Gasteiger partial charge < -0.3 is 4.90 Å². The molecule has 2 heteroatoms. The number of carbonyl (C=O) groups is 1. The molecule has 0 aliphatic carbocycles. The Kier molecular flexibility index (Phi) is 2.32. The summed E-state index contributed by atoms with van der Waals surface area (Å²) in [6.45, 7) is 8.46. The van der Waals surface area contributed by atoms with Gasteiger partial charge in [-0.1, -0.05) is 6.58 Å². The molecular weight excluding hydrogens is 138 g/mol. The van der Waals surface area contributed by atoms with Crippen LogP contribution in [0.5, 0.6) is 0 Å². The lowest BCUT2D eigenvalue weighted by molar-refractivity contribution is -0.120. The van der Waals surface area contributed by atoms with Gasteiger partial charge in [0, 0.05) is 12.2 Å². The average Bonchev–Trinajstić information content (AvgIpc) is 2.32. The minimum Gasteiger partial charge on any atom is -0.366 e. The highest BCUT2D eigenvalue weighted by atomic mass is 16.1. The number of carbonyl (C=O) groups excluding carboxylic acids is 1. The summed E-state index contributed by atoms with van der Waals surface area (Å²) in [5.41, 5.74) is 1.02. The molecule has 0 bridgehead atoms. The van der Waals surface area contributed by atoms with Crippen molar-refractivity contribution in [3.63, 3.8) is 0 Å². The van der Waals surface area contributed by atoms with Crippen LogP contribution in [0.25, 0.3) is 0 Å². The maximum Gasteiger partial charge on any atom is 0.152 e. The maximum atomic E-state index is 11.1. The summed E-state index contributed by atoms with van der Waals surface area (Å²) in [5.74, 6) is 0.269. The molecule has 1 fully saturated rings. The van der Waals surface area contributed by atoms with E-state index in [1.165, 1.54) is 0 Å². The molecule has 0 N–H and O–H groups in total. The first-order chi connectivity index (χ1) is 5.13. The fourth-order valence-electron chi connectivity index (χ4n) is 1.65. The van der Waals surface area contributed by atoms with E-state index in [1.54, 1.807) is 6.92 Å². The van der Waals surface area contributed by atoms with E-state index in [4.69, 9.17) is 0 Å². The van der Waals surface area contributed by atoms with Crippen LogP contribution in [0.2, 0.25) is 0 Å². The maximum absolute atomic E-state index is 11.1. The van der Waals surface area contributed by atoms with Crippen molar-refractivity contribution in [1.82, 2.24) is 4.90 Å². The van der Waals surface area contributed by atoms with Gasteiger partial charge in [-0.15, -0.1) is 0 Å². The minimum absolute atomic E-state index is 0.118. The van der Waals surface area contributed by atoms with Crippen LogP contribution in [-0.4, -0.2) is 23.3 Å². The van der Waals surface area contributed by atoms with Crippen molar-refractivity contribution in [3.05, 3.63) is 12.3 Å². The van der Waals surface area contributed by atoms with Crippen molar-refractivity contribution in [2.75, 3.05) is 6.54 Å². The highest BCUT2D eigenvalue weighted by Gasteiger charge is 2.26. The van der Waals surface area contributed by atoms with Gasteiger partial charge in [-0.05, 0) is 26.7 Å². The second-order valence-corrected chi connectivity index (χ2v) is 3.20. The van der Waals surface area contributed by atoms with Crippen LogP contribution >= 0.6 is 0 Å². The van der Waals surface area contributed by atoms with Crippen molar-refractivity contribution in [3.8, 4) is 0 Å². The zero-order valence-electron chi connectivity index (χ0n) is 7.26. The summed E-state index contributed by atoms with van der Waals surface area (Å²) in [6.07, 6.45) is 2.12. The fourth-order valence-corrected chi connectivity index (χ4v) is 1.65. The van der Waals surface area contributed by atoms with Crippen LogP contribution < -0.4 is 0 Å². The van der Waals surface area contributed by atoms with E-state index < -0.39 is 0 Å². The highest BCUT2D eigenvalue weighted by molar-refractivity contribution is 5.81. The number of rotatable bonds is 2. The van der Waals surface area contributed by atoms with Crippen LogP contribution in [-0.2, 0) is 4.79 Å². The van der Waals surface area contributed by atoms with E-state index in [-0.39, 0.29) is 11.8 Å². The molecule has 62 valence electrons. The Morgan fingerprint density at radius 2 is 2.18 bits per heavy atom. The summed E-state index contributed by atoms with van der Waals surface area (Å²) in [7, 11) is 0. The normalized spacial score (nSPS) is 23.8. The summed E-state index contributed by atoms with van der Waals surface area (Å²) in [6, 6.07) is 0.118. The third-order valence-electron chi connectivity index (χ3n) is 2.21. The van der Waals surface area contributed by atoms with Crippen molar-refractivity contribution in [2.24, 2.45) is 0 Å². The van der Waals surface area contributed by atoms with E-state index in [1.807, 2.05) is 6.92 Å². The van der Waals surface area contributed by atoms with Gasteiger partial charge in [0.2, 0.25) is 0 Å². The second-order valence-electron chi connectivity index (χ2n) is 3.20.